The molecule has 0 fully saturated rings. The summed E-state index contributed by atoms with van der Waals surface area (Å²) in [6.07, 6.45) is 1.44. The minimum Gasteiger partial charge on any atom is -0.491 e. The van der Waals surface area contributed by atoms with Crippen LogP contribution in [0, 0.1) is 0 Å². The van der Waals surface area contributed by atoms with Crippen molar-refractivity contribution in [1.29, 1.82) is 0 Å². The number of methoxy groups -OCH3 is 2. The first-order chi connectivity index (χ1) is 9.47. The Bertz CT molecular complexity index is 499. The standard InChI is InChI=1S/C15H18O5/c1-10(2)20-12-7-5-6-11(8-12)9-13(14(16)18-3)15(17)19-4/h5-10H,1-4H3. The Morgan fingerprint density at radius 2 is 1.70 bits per heavy atom. The first kappa shape index (κ1) is 15.8. The molecule has 0 N–H and O–H groups in total. The first-order valence-corrected chi connectivity index (χ1v) is 6.13. The number of hydrogen-bond donors (Lipinski definition) is 0. The van der Waals surface area contributed by atoms with Crippen molar-refractivity contribution < 1.29 is 23.8 Å². The molecule has 0 aromatic heterocycles. The van der Waals surface area contributed by atoms with Crippen LogP contribution in [-0.4, -0.2) is 32.3 Å². The fraction of sp³-hybridized carbons (Fsp3) is 0.333. The van der Waals surface area contributed by atoms with Gasteiger partial charge in [0.2, 0.25) is 0 Å². The molecule has 0 aliphatic heterocycles. The van der Waals surface area contributed by atoms with Crippen molar-refractivity contribution in [3.8, 4) is 5.75 Å². The molecule has 1 aromatic rings. The summed E-state index contributed by atoms with van der Waals surface area (Å²) in [5.41, 5.74) is 0.477. The van der Waals surface area contributed by atoms with Crippen LogP contribution in [0.25, 0.3) is 6.08 Å². The summed E-state index contributed by atoms with van der Waals surface area (Å²) in [7, 11) is 2.41. The van der Waals surface area contributed by atoms with Crippen LogP contribution in [0.1, 0.15) is 19.4 Å². The quantitative estimate of drug-likeness (QED) is 0.357. The fourth-order valence-corrected chi connectivity index (χ4v) is 1.54. The topological polar surface area (TPSA) is 61.8 Å². The van der Waals surface area contributed by atoms with E-state index in [9.17, 15) is 9.59 Å². The summed E-state index contributed by atoms with van der Waals surface area (Å²) in [6, 6.07) is 7.05. The van der Waals surface area contributed by atoms with E-state index in [2.05, 4.69) is 9.47 Å². The van der Waals surface area contributed by atoms with Gasteiger partial charge in [0.05, 0.1) is 20.3 Å². The van der Waals surface area contributed by atoms with Crippen molar-refractivity contribution in [3.05, 3.63) is 35.4 Å². The summed E-state index contributed by atoms with van der Waals surface area (Å²) in [5.74, 6) is -0.832. The highest BCUT2D eigenvalue weighted by molar-refractivity contribution is 6.17. The molecule has 5 heteroatoms. The summed E-state index contributed by atoms with van der Waals surface area (Å²) in [6.45, 7) is 3.83. The van der Waals surface area contributed by atoms with Crippen LogP contribution in [0.15, 0.2) is 29.8 Å². The third kappa shape index (κ3) is 4.42. The lowest BCUT2D eigenvalue weighted by Crippen LogP contribution is -2.15. The molecule has 0 heterocycles. The smallest absolute Gasteiger partial charge is 0.345 e. The summed E-state index contributed by atoms with van der Waals surface area (Å²) >= 11 is 0. The van der Waals surface area contributed by atoms with Gasteiger partial charge in [0, 0.05) is 0 Å². The first-order valence-electron chi connectivity index (χ1n) is 6.13. The molecular formula is C15H18O5. The van der Waals surface area contributed by atoms with Gasteiger partial charge in [-0.1, -0.05) is 12.1 Å². The van der Waals surface area contributed by atoms with Gasteiger partial charge in [-0.05, 0) is 37.6 Å². The van der Waals surface area contributed by atoms with Crippen LogP contribution in [-0.2, 0) is 19.1 Å². The molecular weight excluding hydrogens is 260 g/mol. The number of carbonyl (C=O) groups is 2. The van der Waals surface area contributed by atoms with Gasteiger partial charge >= 0.3 is 11.9 Å². The number of benzene rings is 1. The molecule has 20 heavy (non-hydrogen) atoms. The van der Waals surface area contributed by atoms with Crippen molar-refractivity contribution in [1.82, 2.24) is 0 Å². The van der Waals surface area contributed by atoms with Crippen molar-refractivity contribution in [2.24, 2.45) is 0 Å². The molecule has 1 aromatic carbocycles. The largest absolute Gasteiger partial charge is 0.491 e. The number of carbonyl (C=O) groups excluding carboxylic acids is 2. The second-order valence-corrected chi connectivity index (χ2v) is 4.28. The Kier molecular flexibility index (Phi) is 5.77. The normalized spacial score (nSPS) is 9.85. The minimum atomic E-state index is -0.743. The molecule has 0 amide bonds. The number of ether oxygens (including phenoxy) is 3. The van der Waals surface area contributed by atoms with E-state index in [1.165, 1.54) is 20.3 Å². The van der Waals surface area contributed by atoms with E-state index in [0.29, 0.717) is 11.3 Å². The van der Waals surface area contributed by atoms with Gasteiger partial charge < -0.3 is 14.2 Å². The second kappa shape index (κ2) is 7.33. The van der Waals surface area contributed by atoms with E-state index < -0.39 is 11.9 Å². The molecule has 0 spiro atoms. The molecule has 0 atom stereocenters. The Hall–Kier alpha value is -2.30. The highest BCUT2D eigenvalue weighted by Crippen LogP contribution is 2.18. The zero-order valence-corrected chi connectivity index (χ0v) is 12.0. The SMILES string of the molecule is COC(=O)C(=Cc1cccc(OC(C)C)c1)C(=O)OC. The molecule has 0 aliphatic carbocycles. The van der Waals surface area contributed by atoms with E-state index in [1.54, 1.807) is 24.3 Å². The monoisotopic (exact) mass is 278 g/mol. The van der Waals surface area contributed by atoms with Gasteiger partial charge in [0.25, 0.3) is 0 Å². The third-order valence-corrected chi connectivity index (χ3v) is 2.35. The van der Waals surface area contributed by atoms with Gasteiger partial charge in [-0.15, -0.1) is 0 Å². The maximum Gasteiger partial charge on any atom is 0.345 e. The molecule has 0 saturated heterocycles. The third-order valence-electron chi connectivity index (χ3n) is 2.35. The van der Waals surface area contributed by atoms with Crippen LogP contribution >= 0.6 is 0 Å². The lowest BCUT2D eigenvalue weighted by Gasteiger charge is -2.10. The lowest BCUT2D eigenvalue weighted by atomic mass is 10.1. The summed E-state index contributed by atoms with van der Waals surface area (Å²) < 4.78 is 14.7. The number of rotatable bonds is 5. The molecule has 0 aliphatic rings. The zero-order chi connectivity index (χ0) is 15.1. The highest BCUT2D eigenvalue weighted by Gasteiger charge is 2.19. The maximum atomic E-state index is 11.6. The van der Waals surface area contributed by atoms with E-state index >= 15 is 0 Å². The zero-order valence-electron chi connectivity index (χ0n) is 12.0. The predicted octanol–water partition coefficient (Wildman–Crippen LogP) is 2.20. The number of esters is 2. The van der Waals surface area contributed by atoms with Crippen LogP contribution in [0.5, 0.6) is 5.75 Å². The predicted molar refractivity (Wildman–Crippen MR) is 74.2 cm³/mol. The van der Waals surface area contributed by atoms with Crippen LogP contribution in [0.3, 0.4) is 0 Å². The molecule has 0 radical (unpaired) electrons. The summed E-state index contributed by atoms with van der Waals surface area (Å²) in [4.78, 5) is 23.1. The van der Waals surface area contributed by atoms with Crippen molar-refractivity contribution in [2.45, 2.75) is 20.0 Å². The van der Waals surface area contributed by atoms with Gasteiger partial charge in [0.1, 0.15) is 11.3 Å². The van der Waals surface area contributed by atoms with Crippen molar-refractivity contribution in [2.75, 3.05) is 14.2 Å². The van der Waals surface area contributed by atoms with Gasteiger partial charge in [-0.25, -0.2) is 9.59 Å². The maximum absolute atomic E-state index is 11.6. The molecule has 5 nitrogen and oxygen atoms in total. The Morgan fingerprint density at radius 3 is 2.20 bits per heavy atom. The molecule has 0 unspecified atom stereocenters. The number of hydrogen-bond acceptors (Lipinski definition) is 5. The van der Waals surface area contributed by atoms with Gasteiger partial charge in [-0.2, -0.15) is 0 Å². The highest BCUT2D eigenvalue weighted by atomic mass is 16.5. The van der Waals surface area contributed by atoms with E-state index in [4.69, 9.17) is 4.74 Å². The Morgan fingerprint density at radius 1 is 1.10 bits per heavy atom. The van der Waals surface area contributed by atoms with Gasteiger partial charge in [0.15, 0.2) is 0 Å². The summed E-state index contributed by atoms with van der Waals surface area (Å²) in [5, 5.41) is 0. The second-order valence-electron chi connectivity index (χ2n) is 4.28. The van der Waals surface area contributed by atoms with Crippen molar-refractivity contribution >= 4 is 18.0 Å². The minimum absolute atomic E-state index is 0.0370. The van der Waals surface area contributed by atoms with E-state index in [-0.39, 0.29) is 11.7 Å². The lowest BCUT2D eigenvalue weighted by molar-refractivity contribution is -0.143. The molecule has 108 valence electrons. The average Bonchev–Trinajstić information content (AvgIpc) is 2.42. The Labute approximate surface area is 118 Å². The Balaban J connectivity index is 3.10. The molecule has 0 saturated carbocycles. The van der Waals surface area contributed by atoms with E-state index in [0.717, 1.165) is 0 Å². The van der Waals surface area contributed by atoms with Crippen LogP contribution < -0.4 is 4.74 Å². The fourth-order valence-electron chi connectivity index (χ4n) is 1.54. The van der Waals surface area contributed by atoms with Gasteiger partial charge in [-0.3, -0.25) is 0 Å². The van der Waals surface area contributed by atoms with Crippen LogP contribution in [0.4, 0.5) is 0 Å². The van der Waals surface area contributed by atoms with E-state index in [1.807, 2.05) is 13.8 Å². The van der Waals surface area contributed by atoms with Crippen LogP contribution in [0.2, 0.25) is 0 Å². The molecule has 0 bridgehead atoms. The molecule has 1 rings (SSSR count). The van der Waals surface area contributed by atoms with Crippen molar-refractivity contribution in [3.63, 3.8) is 0 Å². The average molecular weight is 278 g/mol.